The Balaban J connectivity index is 1.92. The number of halogens is 1. The molecule has 1 heterocycles. The molecule has 2 nitrogen and oxygen atoms in total. The summed E-state index contributed by atoms with van der Waals surface area (Å²) in [5.41, 5.74) is 2.07. The van der Waals surface area contributed by atoms with Crippen molar-refractivity contribution in [3.63, 3.8) is 0 Å². The van der Waals surface area contributed by atoms with Crippen LogP contribution in [0.3, 0.4) is 0 Å². The first-order valence-electron chi connectivity index (χ1n) is 5.24. The Kier molecular flexibility index (Phi) is 3.37. The third-order valence-electron chi connectivity index (χ3n) is 2.51. The molecular weight excluding hydrogens is 205 g/mol. The Bertz CT molecular complexity index is 451. The highest BCUT2D eigenvalue weighted by Crippen LogP contribution is 2.10. The maximum Gasteiger partial charge on any atom is 0.123 e. The van der Waals surface area contributed by atoms with E-state index < -0.39 is 0 Å². The Hall–Kier alpha value is -1.61. The minimum absolute atomic E-state index is 0.194. The van der Waals surface area contributed by atoms with Crippen LogP contribution in [0.1, 0.15) is 16.9 Å². The third-order valence-corrected chi connectivity index (χ3v) is 2.51. The van der Waals surface area contributed by atoms with Gasteiger partial charge in [-0.1, -0.05) is 6.07 Å². The van der Waals surface area contributed by atoms with Crippen LogP contribution in [0.2, 0.25) is 0 Å². The summed E-state index contributed by atoms with van der Waals surface area (Å²) in [5, 5.41) is 3.21. The number of hydrogen-bond acceptors (Lipinski definition) is 2. The van der Waals surface area contributed by atoms with Gasteiger partial charge in [-0.3, -0.25) is 0 Å². The molecule has 0 aliphatic carbocycles. The summed E-state index contributed by atoms with van der Waals surface area (Å²) >= 11 is 0. The predicted octanol–water partition coefficient (Wildman–Crippen LogP) is 3.02. The summed E-state index contributed by atoms with van der Waals surface area (Å²) in [7, 11) is 0. The van der Waals surface area contributed by atoms with Crippen molar-refractivity contribution in [2.24, 2.45) is 0 Å². The maximum absolute atomic E-state index is 13.0. The molecule has 0 spiro atoms. The van der Waals surface area contributed by atoms with Crippen LogP contribution >= 0.6 is 0 Å². The molecule has 0 aliphatic rings. The zero-order valence-corrected chi connectivity index (χ0v) is 9.16. The summed E-state index contributed by atoms with van der Waals surface area (Å²) in [6.45, 7) is 3.27. The summed E-state index contributed by atoms with van der Waals surface area (Å²) in [6, 6.07) is 8.59. The van der Waals surface area contributed by atoms with E-state index >= 15 is 0 Å². The third kappa shape index (κ3) is 2.70. The zero-order valence-electron chi connectivity index (χ0n) is 9.16. The van der Waals surface area contributed by atoms with Crippen LogP contribution in [-0.4, -0.2) is 0 Å². The highest BCUT2D eigenvalue weighted by atomic mass is 19.1. The minimum atomic E-state index is -0.194. The average molecular weight is 219 g/mol. The molecule has 0 bridgehead atoms. The smallest absolute Gasteiger partial charge is 0.123 e. The molecular formula is C13H14FNO. The quantitative estimate of drug-likeness (QED) is 0.855. The number of benzene rings is 1. The summed E-state index contributed by atoms with van der Waals surface area (Å²) in [4.78, 5) is 0. The lowest BCUT2D eigenvalue weighted by molar-refractivity contribution is 0.482. The van der Waals surface area contributed by atoms with Gasteiger partial charge in [0.1, 0.15) is 11.6 Å². The molecule has 1 N–H and O–H groups in total. The molecule has 1 aromatic carbocycles. The molecule has 0 saturated carbocycles. The van der Waals surface area contributed by atoms with Crippen molar-refractivity contribution in [1.29, 1.82) is 0 Å². The second kappa shape index (κ2) is 4.94. The Morgan fingerprint density at radius 3 is 2.88 bits per heavy atom. The molecule has 84 valence electrons. The first-order valence-corrected chi connectivity index (χ1v) is 5.24. The van der Waals surface area contributed by atoms with Gasteiger partial charge in [-0.25, -0.2) is 4.39 Å². The summed E-state index contributed by atoms with van der Waals surface area (Å²) in [5.74, 6) is 0.689. The van der Waals surface area contributed by atoms with Crippen LogP contribution in [0.4, 0.5) is 4.39 Å². The Labute approximate surface area is 94.1 Å². The van der Waals surface area contributed by atoms with Gasteiger partial charge >= 0.3 is 0 Å². The SMILES string of the molecule is Cc1ccc(F)cc1CNCc1ccco1. The van der Waals surface area contributed by atoms with Crippen LogP contribution in [0.5, 0.6) is 0 Å². The van der Waals surface area contributed by atoms with Crippen LogP contribution in [0.25, 0.3) is 0 Å². The van der Waals surface area contributed by atoms with Crippen LogP contribution < -0.4 is 5.32 Å². The van der Waals surface area contributed by atoms with E-state index in [4.69, 9.17) is 4.42 Å². The Morgan fingerprint density at radius 1 is 1.25 bits per heavy atom. The molecule has 0 radical (unpaired) electrons. The van der Waals surface area contributed by atoms with E-state index in [0.29, 0.717) is 13.1 Å². The molecule has 0 fully saturated rings. The Morgan fingerprint density at radius 2 is 2.12 bits per heavy atom. The van der Waals surface area contributed by atoms with Gasteiger partial charge in [-0.05, 0) is 42.3 Å². The molecule has 0 unspecified atom stereocenters. The first kappa shape index (κ1) is 10.9. The zero-order chi connectivity index (χ0) is 11.4. The lowest BCUT2D eigenvalue weighted by atomic mass is 10.1. The molecule has 0 amide bonds. The van der Waals surface area contributed by atoms with Crippen molar-refractivity contribution in [2.75, 3.05) is 0 Å². The molecule has 3 heteroatoms. The molecule has 1 aromatic heterocycles. The van der Waals surface area contributed by atoms with E-state index in [-0.39, 0.29) is 5.82 Å². The van der Waals surface area contributed by atoms with Gasteiger partial charge in [0.2, 0.25) is 0 Å². The fourth-order valence-electron chi connectivity index (χ4n) is 1.56. The van der Waals surface area contributed by atoms with Crippen molar-refractivity contribution in [3.8, 4) is 0 Å². The monoisotopic (exact) mass is 219 g/mol. The van der Waals surface area contributed by atoms with E-state index in [0.717, 1.165) is 16.9 Å². The van der Waals surface area contributed by atoms with E-state index in [1.165, 1.54) is 6.07 Å². The first-order chi connectivity index (χ1) is 7.75. The highest BCUT2D eigenvalue weighted by Gasteiger charge is 2.01. The van der Waals surface area contributed by atoms with Crippen molar-refractivity contribution < 1.29 is 8.81 Å². The lowest BCUT2D eigenvalue weighted by Crippen LogP contribution is -2.13. The van der Waals surface area contributed by atoms with Gasteiger partial charge in [-0.15, -0.1) is 0 Å². The van der Waals surface area contributed by atoms with Gasteiger partial charge in [-0.2, -0.15) is 0 Å². The predicted molar refractivity (Wildman–Crippen MR) is 60.4 cm³/mol. The topological polar surface area (TPSA) is 25.2 Å². The van der Waals surface area contributed by atoms with Crippen molar-refractivity contribution in [2.45, 2.75) is 20.0 Å². The van der Waals surface area contributed by atoms with Crippen molar-refractivity contribution in [3.05, 3.63) is 59.3 Å². The molecule has 2 aromatic rings. The van der Waals surface area contributed by atoms with Crippen molar-refractivity contribution >= 4 is 0 Å². The van der Waals surface area contributed by atoms with Crippen LogP contribution in [0.15, 0.2) is 41.0 Å². The van der Waals surface area contributed by atoms with Gasteiger partial charge < -0.3 is 9.73 Å². The largest absolute Gasteiger partial charge is 0.468 e. The van der Waals surface area contributed by atoms with E-state index in [1.807, 2.05) is 19.1 Å². The molecule has 16 heavy (non-hydrogen) atoms. The molecule has 2 rings (SSSR count). The van der Waals surface area contributed by atoms with Crippen molar-refractivity contribution in [1.82, 2.24) is 5.32 Å². The van der Waals surface area contributed by atoms with Crippen LogP contribution in [-0.2, 0) is 13.1 Å². The molecule has 0 saturated heterocycles. The van der Waals surface area contributed by atoms with E-state index in [9.17, 15) is 4.39 Å². The number of nitrogens with one attached hydrogen (secondary N) is 1. The summed E-state index contributed by atoms with van der Waals surface area (Å²) < 4.78 is 18.2. The summed E-state index contributed by atoms with van der Waals surface area (Å²) in [6.07, 6.45) is 1.64. The van der Waals surface area contributed by atoms with Crippen LogP contribution in [0, 0.1) is 12.7 Å². The van der Waals surface area contributed by atoms with E-state index in [1.54, 1.807) is 18.4 Å². The molecule has 0 atom stereocenters. The normalized spacial score (nSPS) is 10.6. The second-order valence-corrected chi connectivity index (χ2v) is 3.75. The van der Waals surface area contributed by atoms with E-state index in [2.05, 4.69) is 5.32 Å². The lowest BCUT2D eigenvalue weighted by Gasteiger charge is -2.06. The van der Waals surface area contributed by atoms with Gasteiger partial charge in [0.25, 0.3) is 0 Å². The maximum atomic E-state index is 13.0. The average Bonchev–Trinajstić information content (AvgIpc) is 2.76. The number of furan rings is 1. The minimum Gasteiger partial charge on any atom is -0.468 e. The van der Waals surface area contributed by atoms with Gasteiger partial charge in [0.05, 0.1) is 12.8 Å². The fraction of sp³-hybridized carbons (Fsp3) is 0.231. The fourth-order valence-corrected chi connectivity index (χ4v) is 1.56. The molecule has 0 aliphatic heterocycles. The number of rotatable bonds is 4. The van der Waals surface area contributed by atoms with Gasteiger partial charge in [0.15, 0.2) is 0 Å². The second-order valence-electron chi connectivity index (χ2n) is 3.75. The number of aryl methyl sites for hydroxylation is 1. The standard InChI is InChI=1S/C13H14FNO/c1-10-4-5-12(14)7-11(10)8-15-9-13-3-2-6-16-13/h2-7,15H,8-9H2,1H3. The number of hydrogen-bond donors (Lipinski definition) is 1. The van der Waals surface area contributed by atoms with Gasteiger partial charge in [0, 0.05) is 6.54 Å². The highest BCUT2D eigenvalue weighted by molar-refractivity contribution is 5.26.